The van der Waals surface area contributed by atoms with Gasteiger partial charge in [0.15, 0.2) is 0 Å². The average Bonchev–Trinajstić information content (AvgIpc) is 2.40. The van der Waals surface area contributed by atoms with Crippen molar-refractivity contribution in [2.75, 3.05) is 19.7 Å². The van der Waals surface area contributed by atoms with Crippen LogP contribution in [0.5, 0.6) is 0 Å². The maximum absolute atomic E-state index is 12.5. The monoisotopic (exact) mass is 304 g/mol. The summed E-state index contributed by atoms with van der Waals surface area (Å²) in [6.45, 7) is 1.42. The van der Waals surface area contributed by atoms with Crippen LogP contribution in [0.2, 0.25) is 5.02 Å². The number of nitrogens with zero attached hydrogens (tertiary/aromatic N) is 1. The lowest BCUT2D eigenvalue weighted by atomic mass is 9.99. The van der Waals surface area contributed by atoms with Crippen LogP contribution in [0, 0.1) is 5.92 Å². The molecule has 1 aliphatic rings. The van der Waals surface area contributed by atoms with Crippen molar-refractivity contribution in [3.63, 3.8) is 0 Å². The van der Waals surface area contributed by atoms with Crippen LogP contribution in [0.15, 0.2) is 29.2 Å². The third kappa shape index (κ3) is 3.27. The summed E-state index contributed by atoms with van der Waals surface area (Å²) >= 11 is 5.96. The molecule has 1 fully saturated rings. The van der Waals surface area contributed by atoms with Gasteiger partial charge in [-0.3, -0.25) is 0 Å². The van der Waals surface area contributed by atoms with Crippen LogP contribution in [0.4, 0.5) is 0 Å². The third-order valence-corrected chi connectivity index (χ3v) is 5.76. The minimum absolute atomic E-state index is 0.171. The topological polar surface area (TPSA) is 72.6 Å². The lowest BCUT2D eigenvalue weighted by Crippen LogP contribution is -2.39. The summed E-state index contributed by atoms with van der Waals surface area (Å²) in [5.74, 6) is 5.36. The number of sulfonamides is 1. The zero-order valence-corrected chi connectivity index (χ0v) is 12.0. The van der Waals surface area contributed by atoms with E-state index in [1.54, 1.807) is 18.2 Å². The molecular weight excluding hydrogens is 288 g/mol. The number of nitrogens with two attached hydrogens (primary N) is 1. The van der Waals surface area contributed by atoms with Gasteiger partial charge in [0.1, 0.15) is 4.90 Å². The molecule has 1 heterocycles. The van der Waals surface area contributed by atoms with Crippen LogP contribution in [0.1, 0.15) is 12.8 Å². The Hall–Kier alpha value is -0.660. The Bertz CT molecular complexity index is 528. The first kappa shape index (κ1) is 14.7. The summed E-state index contributed by atoms with van der Waals surface area (Å²) in [6, 6.07) is 6.51. The minimum atomic E-state index is -3.50. The summed E-state index contributed by atoms with van der Waals surface area (Å²) in [6.07, 6.45) is 1.50. The SMILES string of the molecule is NOCC1CCN(S(=O)(=O)c2ccccc2Cl)CC1. The van der Waals surface area contributed by atoms with Crippen molar-refractivity contribution in [3.05, 3.63) is 29.3 Å². The van der Waals surface area contributed by atoms with Crippen molar-refractivity contribution in [2.24, 2.45) is 11.8 Å². The second-order valence-electron chi connectivity index (χ2n) is 4.61. The molecule has 0 amide bonds. The summed E-state index contributed by atoms with van der Waals surface area (Å²) in [5.41, 5.74) is 0. The van der Waals surface area contributed by atoms with Crippen molar-refractivity contribution < 1.29 is 13.3 Å². The molecule has 0 unspecified atom stereocenters. The Labute approximate surface area is 118 Å². The van der Waals surface area contributed by atoms with Gasteiger partial charge >= 0.3 is 0 Å². The molecule has 0 aliphatic carbocycles. The Morgan fingerprint density at radius 3 is 2.53 bits per heavy atom. The van der Waals surface area contributed by atoms with Crippen LogP contribution in [-0.2, 0) is 14.9 Å². The van der Waals surface area contributed by atoms with Gasteiger partial charge in [-0.25, -0.2) is 14.3 Å². The Kier molecular flexibility index (Phi) is 4.81. The lowest BCUT2D eigenvalue weighted by molar-refractivity contribution is 0.0805. The molecule has 19 heavy (non-hydrogen) atoms. The summed E-state index contributed by atoms with van der Waals surface area (Å²) in [5, 5.41) is 0.259. The molecule has 106 valence electrons. The van der Waals surface area contributed by atoms with E-state index in [0.717, 1.165) is 12.8 Å². The molecule has 7 heteroatoms. The fraction of sp³-hybridized carbons (Fsp3) is 0.500. The molecule has 1 aromatic carbocycles. The van der Waals surface area contributed by atoms with Gasteiger partial charge in [-0.2, -0.15) is 4.31 Å². The number of halogens is 1. The maximum atomic E-state index is 12.5. The van der Waals surface area contributed by atoms with Gasteiger partial charge in [-0.1, -0.05) is 23.7 Å². The number of hydrogen-bond donors (Lipinski definition) is 1. The molecule has 0 radical (unpaired) electrons. The first-order valence-corrected chi connectivity index (χ1v) is 7.94. The zero-order valence-electron chi connectivity index (χ0n) is 10.5. The normalized spacial score (nSPS) is 18.6. The molecule has 0 atom stereocenters. The Morgan fingerprint density at radius 2 is 1.95 bits per heavy atom. The standard InChI is InChI=1S/C12H17ClN2O3S/c13-11-3-1-2-4-12(11)19(16,17)15-7-5-10(6-8-15)9-18-14/h1-4,10H,5-9,14H2. The van der Waals surface area contributed by atoms with Gasteiger partial charge in [0, 0.05) is 13.1 Å². The Balaban J connectivity index is 2.12. The van der Waals surface area contributed by atoms with E-state index in [1.165, 1.54) is 10.4 Å². The molecular formula is C12H17ClN2O3S. The van der Waals surface area contributed by atoms with E-state index in [1.807, 2.05) is 0 Å². The highest BCUT2D eigenvalue weighted by molar-refractivity contribution is 7.89. The number of hydrogen-bond acceptors (Lipinski definition) is 4. The summed E-state index contributed by atoms with van der Waals surface area (Å²) in [7, 11) is -3.50. The van der Waals surface area contributed by atoms with E-state index in [9.17, 15) is 8.42 Å². The molecule has 2 rings (SSSR count). The average molecular weight is 305 g/mol. The highest BCUT2D eigenvalue weighted by atomic mass is 35.5. The second-order valence-corrected chi connectivity index (χ2v) is 6.92. The van der Waals surface area contributed by atoms with Crippen molar-refractivity contribution in [1.29, 1.82) is 0 Å². The predicted octanol–water partition coefficient (Wildman–Crippen LogP) is 1.63. The van der Waals surface area contributed by atoms with Crippen molar-refractivity contribution in [2.45, 2.75) is 17.7 Å². The number of piperidine rings is 1. The summed E-state index contributed by atoms with van der Waals surface area (Å²) in [4.78, 5) is 4.79. The molecule has 2 N–H and O–H groups in total. The molecule has 1 saturated heterocycles. The maximum Gasteiger partial charge on any atom is 0.244 e. The third-order valence-electron chi connectivity index (χ3n) is 3.36. The van der Waals surface area contributed by atoms with Gasteiger partial charge < -0.3 is 4.84 Å². The smallest absolute Gasteiger partial charge is 0.244 e. The van der Waals surface area contributed by atoms with Gasteiger partial charge in [0.2, 0.25) is 10.0 Å². The molecule has 0 spiro atoms. The van der Waals surface area contributed by atoms with Crippen molar-refractivity contribution in [3.8, 4) is 0 Å². The number of benzene rings is 1. The van der Waals surface area contributed by atoms with E-state index in [0.29, 0.717) is 25.6 Å². The van der Waals surface area contributed by atoms with E-state index in [4.69, 9.17) is 17.5 Å². The van der Waals surface area contributed by atoms with Crippen molar-refractivity contribution in [1.82, 2.24) is 4.31 Å². The molecule has 1 aliphatic heterocycles. The highest BCUT2D eigenvalue weighted by Crippen LogP contribution is 2.27. The summed E-state index contributed by atoms with van der Waals surface area (Å²) < 4.78 is 26.4. The van der Waals surface area contributed by atoms with Gasteiger partial charge in [0.25, 0.3) is 0 Å². The molecule has 1 aromatic rings. The largest absolute Gasteiger partial charge is 0.304 e. The fourth-order valence-corrected chi connectivity index (χ4v) is 4.21. The predicted molar refractivity (Wildman–Crippen MR) is 73.1 cm³/mol. The van der Waals surface area contributed by atoms with Gasteiger partial charge in [-0.05, 0) is 30.9 Å². The zero-order chi connectivity index (χ0) is 13.9. The number of rotatable bonds is 4. The Morgan fingerprint density at radius 1 is 1.32 bits per heavy atom. The van der Waals surface area contributed by atoms with Crippen LogP contribution < -0.4 is 5.90 Å². The van der Waals surface area contributed by atoms with E-state index < -0.39 is 10.0 Å². The van der Waals surface area contributed by atoms with E-state index in [-0.39, 0.29) is 9.92 Å². The molecule has 0 bridgehead atoms. The lowest BCUT2D eigenvalue weighted by Gasteiger charge is -2.30. The molecule has 0 saturated carbocycles. The van der Waals surface area contributed by atoms with E-state index >= 15 is 0 Å². The van der Waals surface area contributed by atoms with Crippen molar-refractivity contribution >= 4 is 21.6 Å². The van der Waals surface area contributed by atoms with Crippen LogP contribution in [0.3, 0.4) is 0 Å². The van der Waals surface area contributed by atoms with Gasteiger partial charge in [-0.15, -0.1) is 0 Å². The second kappa shape index (κ2) is 6.19. The van der Waals surface area contributed by atoms with Crippen LogP contribution >= 0.6 is 11.6 Å². The highest BCUT2D eigenvalue weighted by Gasteiger charge is 2.30. The van der Waals surface area contributed by atoms with Crippen LogP contribution in [0.25, 0.3) is 0 Å². The molecule has 5 nitrogen and oxygen atoms in total. The fourth-order valence-electron chi connectivity index (χ4n) is 2.25. The van der Waals surface area contributed by atoms with Gasteiger partial charge in [0.05, 0.1) is 11.6 Å². The molecule has 0 aromatic heterocycles. The van der Waals surface area contributed by atoms with E-state index in [2.05, 4.69) is 4.84 Å². The quantitative estimate of drug-likeness (QED) is 0.858. The van der Waals surface area contributed by atoms with Crippen LogP contribution in [-0.4, -0.2) is 32.4 Å². The minimum Gasteiger partial charge on any atom is -0.304 e. The first-order valence-electron chi connectivity index (χ1n) is 6.12. The first-order chi connectivity index (χ1) is 9.05.